The standard InChI is InChI=1S/C24H23ClN2O3S/c1-31-16-15-22(27-23(28)20-9-5-6-10-21(20)25)24(29)26-17-11-13-19(14-12-17)30-18-7-3-2-4-8-18/h2-14,22H,15-16H2,1H3,(H,26,29)(H,27,28). The maximum Gasteiger partial charge on any atom is 0.253 e. The summed E-state index contributed by atoms with van der Waals surface area (Å²) in [4.78, 5) is 25.5. The van der Waals surface area contributed by atoms with E-state index in [1.165, 1.54) is 0 Å². The number of halogens is 1. The first-order chi connectivity index (χ1) is 15.1. The van der Waals surface area contributed by atoms with Crippen molar-refractivity contribution < 1.29 is 14.3 Å². The van der Waals surface area contributed by atoms with Crippen LogP contribution in [0.25, 0.3) is 0 Å². The zero-order chi connectivity index (χ0) is 22.1. The first kappa shape index (κ1) is 22.7. The molecule has 0 spiro atoms. The van der Waals surface area contributed by atoms with E-state index in [2.05, 4.69) is 10.6 Å². The fourth-order valence-corrected chi connectivity index (χ4v) is 3.54. The molecule has 0 radical (unpaired) electrons. The van der Waals surface area contributed by atoms with Gasteiger partial charge in [-0.1, -0.05) is 41.9 Å². The summed E-state index contributed by atoms with van der Waals surface area (Å²) in [7, 11) is 0. The highest BCUT2D eigenvalue weighted by atomic mass is 35.5. The summed E-state index contributed by atoms with van der Waals surface area (Å²) >= 11 is 7.72. The quantitative estimate of drug-likeness (QED) is 0.440. The van der Waals surface area contributed by atoms with Crippen LogP contribution in [0.1, 0.15) is 16.8 Å². The highest BCUT2D eigenvalue weighted by molar-refractivity contribution is 7.98. The van der Waals surface area contributed by atoms with E-state index in [1.54, 1.807) is 60.3 Å². The maximum absolute atomic E-state index is 12.8. The molecule has 2 N–H and O–H groups in total. The highest BCUT2D eigenvalue weighted by Crippen LogP contribution is 2.23. The molecule has 5 nitrogen and oxygen atoms in total. The van der Waals surface area contributed by atoms with Crippen molar-refractivity contribution in [1.82, 2.24) is 5.32 Å². The number of anilines is 1. The minimum Gasteiger partial charge on any atom is -0.457 e. The van der Waals surface area contributed by atoms with Crippen molar-refractivity contribution in [2.75, 3.05) is 17.3 Å². The van der Waals surface area contributed by atoms with Gasteiger partial charge in [0.05, 0.1) is 10.6 Å². The lowest BCUT2D eigenvalue weighted by Crippen LogP contribution is -2.44. The van der Waals surface area contributed by atoms with Crippen LogP contribution in [0.5, 0.6) is 11.5 Å². The van der Waals surface area contributed by atoms with Gasteiger partial charge in [0.1, 0.15) is 17.5 Å². The van der Waals surface area contributed by atoms with Crippen LogP contribution in [0.4, 0.5) is 5.69 Å². The van der Waals surface area contributed by atoms with Gasteiger partial charge in [0.2, 0.25) is 5.91 Å². The average Bonchev–Trinajstić information content (AvgIpc) is 2.78. The van der Waals surface area contributed by atoms with Crippen LogP contribution in [-0.4, -0.2) is 29.9 Å². The van der Waals surface area contributed by atoms with Crippen molar-refractivity contribution in [1.29, 1.82) is 0 Å². The Balaban J connectivity index is 1.64. The molecule has 0 heterocycles. The van der Waals surface area contributed by atoms with Crippen LogP contribution in [0, 0.1) is 0 Å². The topological polar surface area (TPSA) is 67.4 Å². The predicted octanol–water partition coefficient (Wildman–Crippen LogP) is 5.62. The molecule has 31 heavy (non-hydrogen) atoms. The fourth-order valence-electron chi connectivity index (χ4n) is 2.85. The Morgan fingerprint density at radius 1 is 0.935 bits per heavy atom. The molecule has 0 saturated carbocycles. The number of para-hydroxylation sites is 1. The number of hydrogen-bond acceptors (Lipinski definition) is 4. The van der Waals surface area contributed by atoms with Gasteiger partial charge in [0.15, 0.2) is 0 Å². The van der Waals surface area contributed by atoms with Crippen LogP contribution < -0.4 is 15.4 Å². The Bertz CT molecular complexity index is 1010. The smallest absolute Gasteiger partial charge is 0.253 e. The monoisotopic (exact) mass is 454 g/mol. The molecule has 0 saturated heterocycles. The van der Waals surface area contributed by atoms with E-state index in [9.17, 15) is 9.59 Å². The van der Waals surface area contributed by atoms with Crippen molar-refractivity contribution in [3.8, 4) is 11.5 Å². The third kappa shape index (κ3) is 6.77. The summed E-state index contributed by atoms with van der Waals surface area (Å²) in [6, 6.07) is 22.6. The van der Waals surface area contributed by atoms with Crippen molar-refractivity contribution >= 4 is 40.9 Å². The Morgan fingerprint density at radius 2 is 1.58 bits per heavy atom. The Hall–Kier alpha value is -2.96. The van der Waals surface area contributed by atoms with E-state index in [1.807, 2.05) is 36.6 Å². The van der Waals surface area contributed by atoms with E-state index in [0.717, 1.165) is 11.5 Å². The minimum absolute atomic E-state index is 0.286. The highest BCUT2D eigenvalue weighted by Gasteiger charge is 2.22. The van der Waals surface area contributed by atoms with Crippen LogP contribution in [-0.2, 0) is 4.79 Å². The van der Waals surface area contributed by atoms with Crippen molar-refractivity contribution in [3.63, 3.8) is 0 Å². The number of amides is 2. The fraction of sp³-hybridized carbons (Fsp3) is 0.167. The molecule has 160 valence electrons. The van der Waals surface area contributed by atoms with Gasteiger partial charge >= 0.3 is 0 Å². The number of thioether (sulfide) groups is 1. The number of hydrogen-bond donors (Lipinski definition) is 2. The molecule has 1 atom stereocenters. The summed E-state index contributed by atoms with van der Waals surface area (Å²) in [5, 5.41) is 6.01. The van der Waals surface area contributed by atoms with Gasteiger partial charge in [-0.3, -0.25) is 9.59 Å². The van der Waals surface area contributed by atoms with Gasteiger partial charge in [-0.05, 0) is 67.0 Å². The number of benzene rings is 3. The molecular formula is C24H23ClN2O3S. The molecule has 3 aromatic carbocycles. The zero-order valence-electron chi connectivity index (χ0n) is 17.0. The zero-order valence-corrected chi connectivity index (χ0v) is 18.6. The average molecular weight is 455 g/mol. The molecule has 0 bridgehead atoms. The maximum atomic E-state index is 12.8. The van der Waals surface area contributed by atoms with Gasteiger partial charge in [-0.15, -0.1) is 0 Å². The van der Waals surface area contributed by atoms with Gasteiger partial charge in [-0.2, -0.15) is 11.8 Å². The number of rotatable bonds is 9. The van der Waals surface area contributed by atoms with Gasteiger partial charge in [0, 0.05) is 5.69 Å². The molecule has 7 heteroatoms. The summed E-state index contributed by atoms with van der Waals surface area (Å²) in [6.07, 6.45) is 2.45. The third-order valence-corrected chi connectivity index (χ3v) is 5.43. The molecule has 2 amide bonds. The number of nitrogens with one attached hydrogen (secondary N) is 2. The lowest BCUT2D eigenvalue weighted by Gasteiger charge is -2.19. The predicted molar refractivity (Wildman–Crippen MR) is 127 cm³/mol. The first-order valence-corrected chi connectivity index (χ1v) is 11.5. The number of ether oxygens (including phenoxy) is 1. The van der Waals surface area contributed by atoms with Crippen molar-refractivity contribution in [3.05, 3.63) is 89.4 Å². The number of carbonyl (C=O) groups is 2. The lowest BCUT2D eigenvalue weighted by molar-refractivity contribution is -0.118. The molecular weight excluding hydrogens is 432 g/mol. The molecule has 0 aliphatic heterocycles. The largest absolute Gasteiger partial charge is 0.457 e. The van der Waals surface area contributed by atoms with E-state index >= 15 is 0 Å². The lowest BCUT2D eigenvalue weighted by atomic mass is 10.1. The van der Waals surface area contributed by atoms with E-state index < -0.39 is 6.04 Å². The van der Waals surface area contributed by atoms with E-state index in [0.29, 0.717) is 28.4 Å². The second-order valence-corrected chi connectivity index (χ2v) is 8.11. The minimum atomic E-state index is -0.684. The van der Waals surface area contributed by atoms with Gasteiger partial charge in [-0.25, -0.2) is 0 Å². The SMILES string of the molecule is CSCCC(NC(=O)c1ccccc1Cl)C(=O)Nc1ccc(Oc2ccccc2)cc1. The third-order valence-electron chi connectivity index (χ3n) is 4.45. The Morgan fingerprint density at radius 3 is 2.26 bits per heavy atom. The van der Waals surface area contributed by atoms with E-state index in [-0.39, 0.29) is 11.8 Å². The summed E-state index contributed by atoms with van der Waals surface area (Å²) in [5.74, 6) is 1.46. The summed E-state index contributed by atoms with van der Waals surface area (Å²) in [5.41, 5.74) is 0.958. The van der Waals surface area contributed by atoms with Crippen LogP contribution in [0.3, 0.4) is 0 Å². The summed E-state index contributed by atoms with van der Waals surface area (Å²) in [6.45, 7) is 0. The number of carbonyl (C=O) groups excluding carboxylic acids is 2. The molecule has 0 aliphatic carbocycles. The first-order valence-electron chi connectivity index (χ1n) is 9.75. The van der Waals surface area contributed by atoms with Crippen molar-refractivity contribution in [2.45, 2.75) is 12.5 Å². The Kier molecular flexibility index (Phi) is 8.38. The van der Waals surface area contributed by atoms with Gasteiger partial charge in [0.25, 0.3) is 5.91 Å². The molecule has 0 aromatic heterocycles. The molecule has 3 rings (SSSR count). The second kappa shape index (κ2) is 11.4. The molecule has 0 fully saturated rings. The van der Waals surface area contributed by atoms with Crippen molar-refractivity contribution in [2.24, 2.45) is 0 Å². The Labute approximate surface area is 191 Å². The van der Waals surface area contributed by atoms with Crippen LogP contribution in [0.15, 0.2) is 78.9 Å². The second-order valence-electron chi connectivity index (χ2n) is 6.72. The summed E-state index contributed by atoms with van der Waals surface area (Å²) < 4.78 is 5.77. The van der Waals surface area contributed by atoms with E-state index in [4.69, 9.17) is 16.3 Å². The van der Waals surface area contributed by atoms with Crippen LogP contribution >= 0.6 is 23.4 Å². The van der Waals surface area contributed by atoms with Gasteiger partial charge < -0.3 is 15.4 Å². The van der Waals surface area contributed by atoms with Crippen LogP contribution in [0.2, 0.25) is 5.02 Å². The normalized spacial score (nSPS) is 11.4. The molecule has 1 unspecified atom stereocenters. The molecule has 0 aliphatic rings. The molecule has 3 aromatic rings.